The molecule has 0 aliphatic heterocycles. The number of hydrogen-bond acceptors (Lipinski definition) is 2. The fourth-order valence-corrected chi connectivity index (χ4v) is 1.66. The lowest BCUT2D eigenvalue weighted by Crippen LogP contribution is -2.19. The molecule has 1 fully saturated rings. The Bertz CT molecular complexity index is 432. The van der Waals surface area contributed by atoms with Crippen molar-refractivity contribution >= 4 is 11.8 Å². The lowest BCUT2D eigenvalue weighted by Gasteiger charge is -2.08. The van der Waals surface area contributed by atoms with Gasteiger partial charge in [0, 0.05) is 12.0 Å². The van der Waals surface area contributed by atoms with Crippen LogP contribution in [0.3, 0.4) is 0 Å². The molecular formula is C12H11FO3. The van der Waals surface area contributed by atoms with Gasteiger partial charge in [0.25, 0.3) is 0 Å². The van der Waals surface area contributed by atoms with Gasteiger partial charge in [0.2, 0.25) is 0 Å². The SMILES string of the molecule is O=C(CC1(C(=O)O)CC1)c1ccc(F)cc1. The molecule has 1 aliphatic carbocycles. The van der Waals surface area contributed by atoms with E-state index in [1.165, 1.54) is 24.3 Å². The zero-order valence-corrected chi connectivity index (χ0v) is 8.57. The zero-order valence-electron chi connectivity index (χ0n) is 8.57. The van der Waals surface area contributed by atoms with E-state index in [2.05, 4.69) is 0 Å². The van der Waals surface area contributed by atoms with E-state index < -0.39 is 17.2 Å². The number of carbonyl (C=O) groups is 2. The minimum atomic E-state index is -0.914. The van der Waals surface area contributed by atoms with Crippen LogP contribution in [0.2, 0.25) is 0 Å². The Balaban J connectivity index is 2.09. The molecule has 16 heavy (non-hydrogen) atoms. The van der Waals surface area contributed by atoms with Crippen molar-refractivity contribution in [1.29, 1.82) is 0 Å². The number of ketones is 1. The highest BCUT2D eigenvalue weighted by molar-refractivity contribution is 5.99. The van der Waals surface area contributed by atoms with E-state index in [1.807, 2.05) is 0 Å². The zero-order chi connectivity index (χ0) is 11.8. The van der Waals surface area contributed by atoms with Crippen LogP contribution in [0.4, 0.5) is 4.39 Å². The molecule has 0 radical (unpaired) electrons. The summed E-state index contributed by atoms with van der Waals surface area (Å²) in [4.78, 5) is 22.6. The number of benzene rings is 1. The van der Waals surface area contributed by atoms with E-state index in [4.69, 9.17) is 5.11 Å². The second-order valence-electron chi connectivity index (χ2n) is 4.19. The third-order valence-corrected chi connectivity index (χ3v) is 2.97. The maximum Gasteiger partial charge on any atom is 0.310 e. The second kappa shape index (κ2) is 3.70. The molecule has 1 aliphatic rings. The molecule has 0 bridgehead atoms. The quantitative estimate of drug-likeness (QED) is 0.795. The Kier molecular flexibility index (Phi) is 2.50. The van der Waals surface area contributed by atoms with Gasteiger partial charge in [0.05, 0.1) is 5.41 Å². The lowest BCUT2D eigenvalue weighted by molar-refractivity contribution is -0.143. The van der Waals surface area contributed by atoms with Crippen molar-refractivity contribution in [2.75, 3.05) is 0 Å². The highest BCUT2D eigenvalue weighted by Gasteiger charge is 2.51. The van der Waals surface area contributed by atoms with Crippen LogP contribution in [0.15, 0.2) is 24.3 Å². The molecule has 0 heterocycles. The number of carboxylic acid groups (broad SMARTS) is 1. The van der Waals surface area contributed by atoms with Gasteiger partial charge in [0.1, 0.15) is 5.82 Å². The molecular weight excluding hydrogens is 211 g/mol. The van der Waals surface area contributed by atoms with Gasteiger partial charge < -0.3 is 5.11 Å². The molecule has 1 saturated carbocycles. The van der Waals surface area contributed by atoms with Gasteiger partial charge in [-0.3, -0.25) is 9.59 Å². The van der Waals surface area contributed by atoms with Crippen LogP contribution >= 0.6 is 0 Å². The topological polar surface area (TPSA) is 54.4 Å². The molecule has 0 spiro atoms. The fraction of sp³-hybridized carbons (Fsp3) is 0.333. The van der Waals surface area contributed by atoms with E-state index in [0.29, 0.717) is 18.4 Å². The Morgan fingerprint density at radius 3 is 2.25 bits per heavy atom. The summed E-state index contributed by atoms with van der Waals surface area (Å²) in [5.74, 6) is -1.56. The van der Waals surface area contributed by atoms with Crippen molar-refractivity contribution in [3.63, 3.8) is 0 Å². The normalized spacial score (nSPS) is 16.8. The molecule has 1 N–H and O–H groups in total. The van der Waals surface area contributed by atoms with Crippen molar-refractivity contribution in [1.82, 2.24) is 0 Å². The number of Topliss-reactive ketones (excluding diaryl/α,β-unsaturated/α-hetero) is 1. The summed E-state index contributed by atoms with van der Waals surface area (Å²) >= 11 is 0. The first-order valence-electron chi connectivity index (χ1n) is 5.06. The standard InChI is InChI=1S/C12H11FO3/c13-9-3-1-8(2-4-9)10(14)7-12(5-6-12)11(15)16/h1-4H,5-7H2,(H,15,16). The Hall–Kier alpha value is -1.71. The number of hydrogen-bond donors (Lipinski definition) is 1. The number of aliphatic carboxylic acids is 1. The van der Waals surface area contributed by atoms with Crippen molar-refractivity contribution in [2.24, 2.45) is 5.41 Å². The van der Waals surface area contributed by atoms with Crippen LogP contribution in [0.5, 0.6) is 0 Å². The first-order chi connectivity index (χ1) is 7.53. The van der Waals surface area contributed by atoms with Crippen molar-refractivity contribution in [2.45, 2.75) is 19.3 Å². The molecule has 1 aromatic carbocycles. The van der Waals surface area contributed by atoms with Crippen LogP contribution in [0.25, 0.3) is 0 Å². The Morgan fingerprint density at radius 1 is 1.25 bits per heavy atom. The highest BCUT2D eigenvalue weighted by atomic mass is 19.1. The first kappa shape index (κ1) is 10.8. The smallest absolute Gasteiger partial charge is 0.310 e. The summed E-state index contributed by atoms with van der Waals surface area (Å²) in [6.45, 7) is 0. The lowest BCUT2D eigenvalue weighted by atomic mass is 9.96. The molecule has 0 atom stereocenters. The van der Waals surface area contributed by atoms with Gasteiger partial charge in [0.15, 0.2) is 5.78 Å². The van der Waals surface area contributed by atoms with Gasteiger partial charge in [-0.2, -0.15) is 0 Å². The molecule has 0 amide bonds. The van der Waals surface area contributed by atoms with Crippen LogP contribution in [-0.2, 0) is 4.79 Å². The molecule has 0 aromatic heterocycles. The number of rotatable bonds is 4. The summed E-state index contributed by atoms with van der Waals surface area (Å²) in [5, 5.41) is 8.93. The van der Waals surface area contributed by atoms with E-state index >= 15 is 0 Å². The summed E-state index contributed by atoms with van der Waals surface area (Å²) < 4.78 is 12.6. The minimum absolute atomic E-state index is 0.00790. The van der Waals surface area contributed by atoms with Crippen molar-refractivity contribution in [3.8, 4) is 0 Å². The molecule has 2 rings (SSSR count). The van der Waals surface area contributed by atoms with Crippen LogP contribution in [-0.4, -0.2) is 16.9 Å². The number of carbonyl (C=O) groups excluding carboxylic acids is 1. The Morgan fingerprint density at radius 2 is 1.81 bits per heavy atom. The monoisotopic (exact) mass is 222 g/mol. The molecule has 84 valence electrons. The van der Waals surface area contributed by atoms with Gasteiger partial charge in [-0.05, 0) is 37.1 Å². The summed E-state index contributed by atoms with van der Waals surface area (Å²) in [7, 11) is 0. The maximum atomic E-state index is 12.6. The van der Waals surface area contributed by atoms with E-state index in [0.717, 1.165) is 0 Å². The van der Waals surface area contributed by atoms with Crippen LogP contribution < -0.4 is 0 Å². The number of carboxylic acids is 1. The van der Waals surface area contributed by atoms with E-state index in [9.17, 15) is 14.0 Å². The highest BCUT2D eigenvalue weighted by Crippen LogP contribution is 2.49. The molecule has 0 unspecified atom stereocenters. The third-order valence-electron chi connectivity index (χ3n) is 2.97. The average molecular weight is 222 g/mol. The second-order valence-corrected chi connectivity index (χ2v) is 4.19. The largest absolute Gasteiger partial charge is 0.481 e. The van der Waals surface area contributed by atoms with Crippen LogP contribution in [0.1, 0.15) is 29.6 Å². The summed E-state index contributed by atoms with van der Waals surface area (Å²) in [6, 6.07) is 5.17. The average Bonchev–Trinajstić information content (AvgIpc) is 3.00. The van der Waals surface area contributed by atoms with Crippen molar-refractivity contribution < 1.29 is 19.1 Å². The van der Waals surface area contributed by atoms with Gasteiger partial charge in [-0.25, -0.2) is 4.39 Å². The third kappa shape index (κ3) is 1.96. The summed E-state index contributed by atoms with van der Waals surface area (Å²) in [6.07, 6.45) is 1.11. The van der Waals surface area contributed by atoms with Crippen LogP contribution in [0, 0.1) is 11.2 Å². The molecule has 4 heteroatoms. The molecule has 1 aromatic rings. The van der Waals surface area contributed by atoms with Gasteiger partial charge in [-0.15, -0.1) is 0 Å². The molecule has 3 nitrogen and oxygen atoms in total. The fourth-order valence-electron chi connectivity index (χ4n) is 1.66. The number of halogens is 1. The summed E-state index contributed by atoms with van der Waals surface area (Å²) in [5.41, 5.74) is -0.486. The van der Waals surface area contributed by atoms with E-state index in [-0.39, 0.29) is 12.2 Å². The maximum absolute atomic E-state index is 12.6. The van der Waals surface area contributed by atoms with Gasteiger partial charge in [-0.1, -0.05) is 0 Å². The molecule has 0 saturated heterocycles. The predicted molar refractivity (Wildman–Crippen MR) is 54.7 cm³/mol. The van der Waals surface area contributed by atoms with Crippen molar-refractivity contribution in [3.05, 3.63) is 35.6 Å². The predicted octanol–water partition coefficient (Wildman–Crippen LogP) is 2.26. The Labute approximate surface area is 91.9 Å². The van der Waals surface area contributed by atoms with Gasteiger partial charge >= 0.3 is 5.97 Å². The first-order valence-corrected chi connectivity index (χ1v) is 5.06. The minimum Gasteiger partial charge on any atom is -0.481 e. The van der Waals surface area contributed by atoms with E-state index in [1.54, 1.807) is 0 Å².